The minimum absolute atomic E-state index is 0.181. The molecule has 1 unspecified atom stereocenters. The van der Waals surface area contributed by atoms with Gasteiger partial charge in [0.15, 0.2) is 8.32 Å². The maximum Gasteiger partial charge on any atom is 0.320 e. The van der Waals surface area contributed by atoms with Crippen molar-refractivity contribution in [3.8, 4) is 0 Å². The molecule has 0 aliphatic carbocycles. The molecule has 0 aliphatic heterocycles. The highest BCUT2D eigenvalue weighted by atomic mass is 28.4. The summed E-state index contributed by atoms with van der Waals surface area (Å²) in [6.07, 6.45) is -0.176. The Morgan fingerprint density at radius 1 is 0.773 bits per heavy atom. The lowest BCUT2D eigenvalue weighted by molar-refractivity contribution is -0.144. The first-order valence-corrected chi connectivity index (χ1v) is 17.9. The smallest absolute Gasteiger partial charge is 0.320 e. The minimum Gasteiger partial charge on any atom is -0.520 e. The van der Waals surface area contributed by atoms with Crippen molar-refractivity contribution in [2.45, 2.75) is 77.9 Å². The van der Waals surface area contributed by atoms with Crippen LogP contribution in [-0.4, -0.2) is 43.0 Å². The van der Waals surface area contributed by atoms with E-state index in [-0.39, 0.29) is 18.4 Å². The topological polar surface area (TPSA) is 61.8 Å². The van der Waals surface area contributed by atoms with Gasteiger partial charge in [-0.25, -0.2) is 0 Å². The molecule has 0 aromatic rings. The molecule has 0 rings (SSSR count). The van der Waals surface area contributed by atoms with Gasteiger partial charge in [0.2, 0.25) is 16.6 Å². The van der Waals surface area contributed by atoms with Crippen LogP contribution in [0.15, 0.2) is 0 Å². The highest BCUT2D eigenvalue weighted by Gasteiger charge is 2.32. The highest BCUT2D eigenvalue weighted by Crippen LogP contribution is 2.17. The van der Waals surface area contributed by atoms with Crippen LogP contribution in [0.4, 0.5) is 0 Å². The molecular weight excluding hydrogens is 332 g/mol. The summed E-state index contributed by atoms with van der Waals surface area (Å²) in [4.78, 5) is 24.2. The number of carbonyl (C=O) groups is 2. The highest BCUT2D eigenvalue weighted by molar-refractivity contribution is 6.72. The molecule has 130 valence electrons. The quantitative estimate of drug-likeness (QED) is 0.614. The number of rotatable bonds is 8. The van der Waals surface area contributed by atoms with E-state index in [9.17, 15) is 9.59 Å². The third-order valence-corrected chi connectivity index (χ3v) is 4.84. The second-order valence-electron chi connectivity index (χ2n) is 8.38. The monoisotopic (exact) mass is 364 g/mol. The summed E-state index contributed by atoms with van der Waals surface area (Å²) in [7, 11) is -5.78. The van der Waals surface area contributed by atoms with E-state index in [1.165, 1.54) is 0 Å². The molecule has 5 nitrogen and oxygen atoms in total. The zero-order chi connectivity index (χ0) is 17.8. The van der Waals surface area contributed by atoms with Crippen molar-refractivity contribution in [1.29, 1.82) is 0 Å². The first kappa shape index (κ1) is 21.6. The van der Waals surface area contributed by atoms with E-state index >= 15 is 0 Å². The van der Waals surface area contributed by atoms with Gasteiger partial charge in [0.1, 0.15) is 6.10 Å². The molecule has 1 atom stereocenters. The molecular formula is C14H32O5Si3. The van der Waals surface area contributed by atoms with Gasteiger partial charge in [-0.3, -0.25) is 9.59 Å². The van der Waals surface area contributed by atoms with Gasteiger partial charge in [-0.1, -0.05) is 0 Å². The molecule has 0 bridgehead atoms. The van der Waals surface area contributed by atoms with Gasteiger partial charge < -0.3 is 13.3 Å². The molecule has 0 heterocycles. The Kier molecular flexibility index (Phi) is 7.73. The Hall–Kier alpha value is -0.449. The molecule has 22 heavy (non-hydrogen) atoms. The van der Waals surface area contributed by atoms with Gasteiger partial charge in [-0.15, -0.1) is 0 Å². The lowest BCUT2D eigenvalue weighted by Crippen LogP contribution is -2.42. The standard InChI is InChI=1S/C14H32O5Si3/c1-20(2,3)17-12(14(16)19-22(7,8)9)10-11-13(15)18-21(4,5)6/h12H,10-11H2,1-9H3. The Bertz CT molecular complexity index is 391. The lowest BCUT2D eigenvalue weighted by atomic mass is 10.2. The van der Waals surface area contributed by atoms with E-state index in [0.717, 1.165) is 0 Å². The maximum absolute atomic E-state index is 12.3. The van der Waals surface area contributed by atoms with E-state index in [0.29, 0.717) is 6.42 Å². The molecule has 0 aromatic carbocycles. The van der Waals surface area contributed by atoms with Crippen LogP contribution in [0.25, 0.3) is 0 Å². The predicted octanol–water partition coefficient (Wildman–Crippen LogP) is 3.74. The van der Waals surface area contributed by atoms with Gasteiger partial charge in [0, 0.05) is 6.42 Å². The Labute approximate surface area is 138 Å². The van der Waals surface area contributed by atoms with E-state index in [4.69, 9.17) is 13.3 Å². The normalized spacial score (nSPS) is 14.4. The minimum atomic E-state index is -1.98. The summed E-state index contributed by atoms with van der Waals surface area (Å²) in [5.74, 6) is -0.605. The van der Waals surface area contributed by atoms with Crippen molar-refractivity contribution in [3.63, 3.8) is 0 Å². The third kappa shape index (κ3) is 12.1. The summed E-state index contributed by atoms with van der Waals surface area (Å²) in [6, 6.07) is 0. The molecule has 0 amide bonds. The first-order chi connectivity index (χ1) is 9.59. The van der Waals surface area contributed by atoms with Crippen molar-refractivity contribution in [2.24, 2.45) is 0 Å². The average molecular weight is 365 g/mol. The number of carbonyl (C=O) groups excluding carboxylic acids is 2. The summed E-state index contributed by atoms with van der Waals surface area (Å²) in [6.45, 7) is 17.8. The molecule has 0 N–H and O–H groups in total. The van der Waals surface area contributed by atoms with E-state index in [1.807, 2.05) is 58.9 Å². The zero-order valence-corrected chi connectivity index (χ0v) is 18.5. The van der Waals surface area contributed by atoms with Gasteiger partial charge in [0.25, 0.3) is 5.97 Å². The lowest BCUT2D eigenvalue weighted by Gasteiger charge is -2.28. The first-order valence-electron chi connectivity index (χ1n) is 7.72. The summed E-state index contributed by atoms with van der Waals surface area (Å²) >= 11 is 0. The zero-order valence-electron chi connectivity index (χ0n) is 15.5. The van der Waals surface area contributed by atoms with Crippen molar-refractivity contribution in [3.05, 3.63) is 0 Å². The summed E-state index contributed by atoms with van der Waals surface area (Å²) in [5.41, 5.74) is 0. The maximum atomic E-state index is 12.3. The summed E-state index contributed by atoms with van der Waals surface area (Å²) in [5, 5.41) is 0. The van der Waals surface area contributed by atoms with Crippen molar-refractivity contribution in [2.75, 3.05) is 0 Å². The largest absolute Gasteiger partial charge is 0.520 e. The van der Waals surface area contributed by atoms with Crippen LogP contribution in [0.3, 0.4) is 0 Å². The Morgan fingerprint density at radius 2 is 1.23 bits per heavy atom. The third-order valence-electron chi connectivity index (χ3n) is 2.20. The van der Waals surface area contributed by atoms with Gasteiger partial charge >= 0.3 is 5.97 Å². The molecule has 0 aromatic heterocycles. The van der Waals surface area contributed by atoms with Crippen LogP contribution in [0, 0.1) is 0 Å². The van der Waals surface area contributed by atoms with Gasteiger partial charge in [-0.2, -0.15) is 0 Å². The van der Waals surface area contributed by atoms with Gasteiger partial charge in [-0.05, 0) is 65.3 Å². The van der Waals surface area contributed by atoms with Crippen LogP contribution in [0.1, 0.15) is 12.8 Å². The molecule has 0 fully saturated rings. The van der Waals surface area contributed by atoms with Crippen molar-refractivity contribution < 1.29 is 22.9 Å². The fraction of sp³-hybridized carbons (Fsp3) is 0.857. The Morgan fingerprint density at radius 3 is 1.59 bits per heavy atom. The van der Waals surface area contributed by atoms with E-state index in [2.05, 4.69) is 0 Å². The average Bonchev–Trinajstić information content (AvgIpc) is 2.17. The Balaban J connectivity index is 4.75. The van der Waals surface area contributed by atoms with Crippen LogP contribution in [0.5, 0.6) is 0 Å². The van der Waals surface area contributed by atoms with Crippen LogP contribution in [-0.2, 0) is 22.9 Å². The molecule has 0 saturated heterocycles. The molecule has 0 spiro atoms. The SMILES string of the molecule is C[Si](C)(C)OC(=O)CCC(O[Si](C)(C)C)C(=O)O[Si](C)(C)C. The fourth-order valence-corrected chi connectivity index (χ4v) is 4.25. The fourth-order valence-electron chi connectivity index (χ4n) is 1.66. The van der Waals surface area contributed by atoms with Crippen molar-refractivity contribution in [1.82, 2.24) is 0 Å². The molecule has 0 saturated carbocycles. The van der Waals surface area contributed by atoms with Crippen molar-refractivity contribution >= 4 is 36.9 Å². The molecule has 0 aliphatic rings. The van der Waals surface area contributed by atoms with E-state index in [1.54, 1.807) is 0 Å². The second-order valence-corrected chi connectivity index (χ2v) is 21.7. The van der Waals surface area contributed by atoms with Crippen LogP contribution in [0.2, 0.25) is 58.9 Å². The number of hydrogen-bond donors (Lipinski definition) is 0. The molecule has 8 heteroatoms. The van der Waals surface area contributed by atoms with E-state index < -0.39 is 31.1 Å². The van der Waals surface area contributed by atoms with Gasteiger partial charge in [0.05, 0.1) is 0 Å². The predicted molar refractivity (Wildman–Crippen MR) is 96.3 cm³/mol. The second kappa shape index (κ2) is 7.89. The number of hydrogen-bond acceptors (Lipinski definition) is 5. The summed E-state index contributed by atoms with van der Waals surface area (Å²) < 4.78 is 16.9. The van der Waals surface area contributed by atoms with Crippen LogP contribution < -0.4 is 0 Å². The molecule has 0 radical (unpaired) electrons. The van der Waals surface area contributed by atoms with Crippen LogP contribution >= 0.6 is 0 Å².